The molecule has 1 rings (SSSR count). The molecule has 2 nitrogen and oxygen atoms in total. The second kappa shape index (κ2) is 4.22. The zero-order valence-corrected chi connectivity index (χ0v) is 11.5. The Kier molecular flexibility index (Phi) is 3.56. The van der Waals surface area contributed by atoms with Crippen molar-refractivity contribution >= 4 is 14.1 Å². The van der Waals surface area contributed by atoms with Crippen LogP contribution in [0.2, 0.25) is 18.1 Å². The second-order valence-corrected chi connectivity index (χ2v) is 10.7. The molecule has 1 aliphatic carbocycles. The van der Waals surface area contributed by atoms with E-state index in [-0.39, 0.29) is 10.8 Å². The van der Waals surface area contributed by atoms with Crippen LogP contribution in [-0.4, -0.2) is 20.7 Å². The third-order valence-corrected chi connectivity index (χ3v) is 7.98. The maximum atomic E-state index is 11.0. The molecule has 0 bridgehead atoms. The van der Waals surface area contributed by atoms with Crippen LogP contribution in [-0.2, 0) is 9.22 Å². The van der Waals surface area contributed by atoms with Crippen molar-refractivity contribution in [3.05, 3.63) is 12.2 Å². The molecular formula is C12H22O2Si. The van der Waals surface area contributed by atoms with Gasteiger partial charge in [-0.15, -0.1) is 0 Å². The van der Waals surface area contributed by atoms with E-state index in [1.165, 1.54) is 0 Å². The number of hydrogen-bond donors (Lipinski definition) is 0. The van der Waals surface area contributed by atoms with E-state index in [9.17, 15) is 4.79 Å². The largest absolute Gasteiger partial charge is 0.416 e. The Morgan fingerprint density at radius 3 is 2.47 bits per heavy atom. The molecule has 0 aromatic carbocycles. The van der Waals surface area contributed by atoms with Crippen LogP contribution in [0.25, 0.3) is 0 Å². The van der Waals surface area contributed by atoms with Gasteiger partial charge in [-0.1, -0.05) is 26.8 Å². The van der Waals surface area contributed by atoms with Crippen LogP contribution in [0.3, 0.4) is 0 Å². The highest BCUT2D eigenvalue weighted by Gasteiger charge is 2.37. The Morgan fingerprint density at radius 2 is 2.07 bits per heavy atom. The van der Waals surface area contributed by atoms with Gasteiger partial charge in [0, 0.05) is 18.9 Å². The molecule has 0 fully saturated rings. The lowest BCUT2D eigenvalue weighted by molar-refractivity contribution is -0.114. The van der Waals surface area contributed by atoms with E-state index in [4.69, 9.17) is 4.43 Å². The maximum absolute atomic E-state index is 11.0. The quantitative estimate of drug-likeness (QED) is 0.691. The van der Waals surface area contributed by atoms with Crippen molar-refractivity contribution in [2.75, 3.05) is 6.61 Å². The molecule has 0 saturated carbocycles. The van der Waals surface area contributed by atoms with Crippen molar-refractivity contribution in [1.82, 2.24) is 0 Å². The highest BCUT2D eigenvalue weighted by molar-refractivity contribution is 6.74. The Labute approximate surface area is 93.8 Å². The molecule has 0 amide bonds. The minimum Gasteiger partial charge on any atom is -0.416 e. The van der Waals surface area contributed by atoms with Crippen molar-refractivity contribution in [1.29, 1.82) is 0 Å². The molecule has 15 heavy (non-hydrogen) atoms. The summed E-state index contributed by atoms with van der Waals surface area (Å²) in [6, 6.07) is 0. The first-order valence-electron chi connectivity index (χ1n) is 5.57. The summed E-state index contributed by atoms with van der Waals surface area (Å²) in [5.74, 6) is 0.547. The Bertz CT molecular complexity index is 274. The van der Waals surface area contributed by atoms with Gasteiger partial charge in [0.15, 0.2) is 14.1 Å². The second-order valence-electron chi connectivity index (χ2n) is 5.86. The number of allylic oxidation sites excluding steroid dienone is 1. The average Bonchev–Trinajstić information content (AvgIpc) is 2.46. The van der Waals surface area contributed by atoms with Crippen LogP contribution >= 0.6 is 0 Å². The highest BCUT2D eigenvalue weighted by Crippen LogP contribution is 2.37. The van der Waals surface area contributed by atoms with Gasteiger partial charge in [0.2, 0.25) is 0 Å². The average molecular weight is 226 g/mol. The number of ketones is 1. The molecule has 0 aromatic rings. The zero-order chi connectivity index (χ0) is 11.7. The van der Waals surface area contributed by atoms with Crippen molar-refractivity contribution in [2.24, 2.45) is 5.92 Å². The SMILES string of the molecule is CC(C)(C)[Si](C)(C)OC[C@H]1C=CC(=O)C1. The highest BCUT2D eigenvalue weighted by atomic mass is 28.4. The summed E-state index contributed by atoms with van der Waals surface area (Å²) in [5.41, 5.74) is 0. The number of carbonyl (C=O) groups excluding carboxylic acids is 1. The predicted molar refractivity (Wildman–Crippen MR) is 65.4 cm³/mol. The summed E-state index contributed by atoms with van der Waals surface area (Å²) < 4.78 is 6.06. The van der Waals surface area contributed by atoms with E-state index in [1.807, 2.05) is 6.08 Å². The van der Waals surface area contributed by atoms with Crippen molar-refractivity contribution in [2.45, 2.75) is 45.3 Å². The first-order chi connectivity index (χ1) is 6.72. The van der Waals surface area contributed by atoms with Crippen LogP contribution in [0.1, 0.15) is 27.2 Å². The minimum atomic E-state index is -1.64. The minimum absolute atomic E-state index is 0.235. The lowest BCUT2D eigenvalue weighted by Crippen LogP contribution is -2.41. The summed E-state index contributed by atoms with van der Waals surface area (Å²) in [5, 5.41) is 0.249. The van der Waals surface area contributed by atoms with Crippen molar-refractivity contribution < 1.29 is 9.22 Å². The molecular weight excluding hydrogens is 204 g/mol. The molecule has 0 N–H and O–H groups in total. The molecule has 0 aromatic heterocycles. The van der Waals surface area contributed by atoms with E-state index < -0.39 is 8.32 Å². The van der Waals surface area contributed by atoms with E-state index in [1.54, 1.807) is 6.08 Å². The standard InChI is InChI=1S/C12H22O2Si/c1-12(2,3)15(4,5)14-9-10-6-7-11(13)8-10/h6-7,10H,8-9H2,1-5H3/t10-/m0/s1. The predicted octanol–water partition coefficient (Wildman–Crippen LogP) is 3.15. The topological polar surface area (TPSA) is 26.3 Å². The lowest BCUT2D eigenvalue weighted by Gasteiger charge is -2.36. The van der Waals surface area contributed by atoms with Crippen LogP contribution in [0.5, 0.6) is 0 Å². The number of rotatable bonds is 3. The maximum Gasteiger partial charge on any atom is 0.192 e. The summed E-state index contributed by atoms with van der Waals surface area (Å²) in [6.07, 6.45) is 4.30. The molecule has 3 heteroatoms. The third kappa shape index (κ3) is 3.28. The van der Waals surface area contributed by atoms with E-state index in [0.717, 1.165) is 0 Å². The van der Waals surface area contributed by atoms with Crippen LogP contribution in [0.4, 0.5) is 0 Å². The van der Waals surface area contributed by atoms with Crippen molar-refractivity contribution in [3.8, 4) is 0 Å². The molecule has 0 unspecified atom stereocenters. The summed E-state index contributed by atoms with van der Waals surface area (Å²) in [6.45, 7) is 11.9. The monoisotopic (exact) mass is 226 g/mol. The number of hydrogen-bond acceptors (Lipinski definition) is 2. The van der Waals surface area contributed by atoms with Gasteiger partial charge in [-0.3, -0.25) is 4.79 Å². The van der Waals surface area contributed by atoms with Gasteiger partial charge in [-0.05, 0) is 24.2 Å². The molecule has 0 spiro atoms. The molecule has 0 heterocycles. The van der Waals surface area contributed by atoms with Gasteiger partial charge >= 0.3 is 0 Å². The third-order valence-electron chi connectivity index (χ3n) is 3.48. The molecule has 0 saturated heterocycles. The Hall–Kier alpha value is -0.413. The van der Waals surface area contributed by atoms with Crippen molar-refractivity contribution in [3.63, 3.8) is 0 Å². The van der Waals surface area contributed by atoms with Gasteiger partial charge in [0.25, 0.3) is 0 Å². The van der Waals surface area contributed by atoms with Gasteiger partial charge in [-0.2, -0.15) is 0 Å². The fraction of sp³-hybridized carbons (Fsp3) is 0.750. The molecule has 1 atom stereocenters. The Morgan fingerprint density at radius 1 is 1.47 bits per heavy atom. The molecule has 0 radical (unpaired) electrons. The lowest BCUT2D eigenvalue weighted by atomic mass is 10.1. The van der Waals surface area contributed by atoms with Crippen LogP contribution in [0.15, 0.2) is 12.2 Å². The first kappa shape index (κ1) is 12.7. The Balaban J connectivity index is 2.44. The summed E-state index contributed by atoms with van der Waals surface area (Å²) >= 11 is 0. The first-order valence-corrected chi connectivity index (χ1v) is 8.48. The zero-order valence-electron chi connectivity index (χ0n) is 10.5. The van der Waals surface area contributed by atoms with Crippen LogP contribution < -0.4 is 0 Å². The molecule has 0 aliphatic heterocycles. The molecule has 86 valence electrons. The van der Waals surface area contributed by atoms with Gasteiger partial charge in [0.05, 0.1) is 0 Å². The summed E-state index contributed by atoms with van der Waals surface area (Å²) in [7, 11) is -1.64. The van der Waals surface area contributed by atoms with E-state index in [2.05, 4.69) is 33.9 Å². The van der Waals surface area contributed by atoms with Gasteiger partial charge in [-0.25, -0.2) is 0 Å². The van der Waals surface area contributed by atoms with E-state index >= 15 is 0 Å². The van der Waals surface area contributed by atoms with E-state index in [0.29, 0.717) is 18.9 Å². The molecule has 1 aliphatic rings. The summed E-state index contributed by atoms with van der Waals surface area (Å²) in [4.78, 5) is 11.0. The van der Waals surface area contributed by atoms with Gasteiger partial charge < -0.3 is 4.43 Å². The normalized spacial score (nSPS) is 22.5. The smallest absolute Gasteiger partial charge is 0.192 e. The van der Waals surface area contributed by atoms with Gasteiger partial charge in [0.1, 0.15) is 0 Å². The fourth-order valence-electron chi connectivity index (χ4n) is 1.28. The fourth-order valence-corrected chi connectivity index (χ4v) is 2.35. The number of carbonyl (C=O) groups is 1. The van der Waals surface area contributed by atoms with Crippen LogP contribution in [0, 0.1) is 5.92 Å².